The molecule has 0 atom stereocenters. The molecule has 0 aliphatic carbocycles. The summed E-state index contributed by atoms with van der Waals surface area (Å²) >= 11 is 0. The lowest BCUT2D eigenvalue weighted by Crippen LogP contribution is -2.19. The molecule has 1 heterocycles. The summed E-state index contributed by atoms with van der Waals surface area (Å²) in [6.45, 7) is 4.95. The van der Waals surface area contributed by atoms with Crippen molar-refractivity contribution in [3.63, 3.8) is 0 Å². The van der Waals surface area contributed by atoms with Crippen molar-refractivity contribution in [3.05, 3.63) is 47.5 Å². The van der Waals surface area contributed by atoms with Crippen LogP contribution in [-0.4, -0.2) is 24.9 Å². The molecule has 5 heteroatoms. The Morgan fingerprint density at radius 1 is 1.17 bits per heavy atom. The van der Waals surface area contributed by atoms with Gasteiger partial charge in [0.1, 0.15) is 0 Å². The number of nitrogens with one attached hydrogen (secondary N) is 1. The summed E-state index contributed by atoms with van der Waals surface area (Å²) in [5.41, 5.74) is 1.37. The van der Waals surface area contributed by atoms with Crippen LogP contribution in [0.5, 0.6) is 0 Å². The number of ether oxygens (including phenoxy) is 1. The van der Waals surface area contributed by atoms with E-state index in [0.29, 0.717) is 16.7 Å². The molecule has 5 nitrogen and oxygen atoms in total. The first-order valence-corrected chi connectivity index (χ1v) is 5.16. The van der Waals surface area contributed by atoms with Gasteiger partial charge in [-0.3, -0.25) is 14.9 Å². The first kappa shape index (κ1) is 13.6. The van der Waals surface area contributed by atoms with Crippen LogP contribution < -0.4 is 5.32 Å². The molecule has 1 N–H and O–H groups in total. The summed E-state index contributed by atoms with van der Waals surface area (Å²) in [5.74, 6) is -0.948. The van der Waals surface area contributed by atoms with Crippen LogP contribution in [0.25, 0.3) is 0 Å². The molecule has 18 heavy (non-hydrogen) atoms. The predicted molar refractivity (Wildman–Crippen MR) is 65.1 cm³/mol. The summed E-state index contributed by atoms with van der Waals surface area (Å²) in [6, 6.07) is 6.74. The van der Waals surface area contributed by atoms with Gasteiger partial charge >= 0.3 is 5.97 Å². The van der Waals surface area contributed by atoms with E-state index in [2.05, 4.69) is 16.6 Å². The van der Waals surface area contributed by atoms with Gasteiger partial charge < -0.3 is 4.74 Å². The third kappa shape index (κ3) is 3.04. The van der Waals surface area contributed by atoms with E-state index in [0.717, 1.165) is 0 Å². The minimum atomic E-state index is -0.347. The second-order valence-corrected chi connectivity index (χ2v) is 3.60. The van der Waals surface area contributed by atoms with Crippen LogP contribution in [0.15, 0.2) is 36.4 Å². The average molecular weight is 247 g/mol. The van der Waals surface area contributed by atoms with Gasteiger partial charge in [0.05, 0.1) is 18.2 Å². The van der Waals surface area contributed by atoms with Crippen LogP contribution in [0.1, 0.15) is 27.6 Å². The number of fused-ring (bicyclic) bond motifs is 1. The number of hydrogen-bond donors (Lipinski definition) is 1. The molecular formula is C13H13NO4. The maximum Gasteiger partial charge on any atom is 0.332 e. The molecule has 2 amide bonds. The molecule has 1 aliphatic rings. The quantitative estimate of drug-likeness (QED) is 0.461. The molecule has 0 saturated heterocycles. The third-order valence-corrected chi connectivity index (χ3v) is 2.18. The van der Waals surface area contributed by atoms with Crippen LogP contribution in [-0.2, 0) is 9.53 Å². The molecule has 1 aromatic carbocycles. The van der Waals surface area contributed by atoms with E-state index in [4.69, 9.17) is 0 Å². The van der Waals surface area contributed by atoms with E-state index in [9.17, 15) is 14.4 Å². The highest BCUT2D eigenvalue weighted by atomic mass is 16.5. The lowest BCUT2D eigenvalue weighted by atomic mass is 10.1. The van der Waals surface area contributed by atoms with E-state index < -0.39 is 0 Å². The maximum absolute atomic E-state index is 10.9. The van der Waals surface area contributed by atoms with Crippen molar-refractivity contribution >= 4 is 17.8 Å². The molecule has 1 aliphatic heterocycles. The Morgan fingerprint density at radius 3 is 1.89 bits per heavy atom. The topological polar surface area (TPSA) is 72.5 Å². The number of rotatable bonds is 1. The normalized spacial score (nSPS) is 11.9. The van der Waals surface area contributed by atoms with Crippen molar-refractivity contribution in [1.29, 1.82) is 0 Å². The number of amides is 2. The Morgan fingerprint density at radius 2 is 1.61 bits per heavy atom. The fourth-order valence-electron chi connectivity index (χ4n) is 1.29. The van der Waals surface area contributed by atoms with Crippen LogP contribution in [0.4, 0.5) is 0 Å². The van der Waals surface area contributed by atoms with Crippen LogP contribution >= 0.6 is 0 Å². The Bertz CT molecular complexity index is 486. The van der Waals surface area contributed by atoms with Crippen LogP contribution in [0.2, 0.25) is 0 Å². The zero-order chi connectivity index (χ0) is 13.7. The summed E-state index contributed by atoms with van der Waals surface area (Å²) < 4.78 is 4.27. The molecule has 0 aromatic heterocycles. The van der Waals surface area contributed by atoms with Gasteiger partial charge in [-0.15, -0.1) is 0 Å². The molecule has 0 unspecified atom stereocenters. The summed E-state index contributed by atoms with van der Waals surface area (Å²) in [7, 11) is 1.33. The highest BCUT2D eigenvalue weighted by molar-refractivity contribution is 6.21. The summed E-state index contributed by atoms with van der Waals surface area (Å²) in [4.78, 5) is 32.1. The van der Waals surface area contributed by atoms with Crippen molar-refractivity contribution in [3.8, 4) is 0 Å². The zero-order valence-electron chi connectivity index (χ0n) is 10.1. The molecule has 0 fully saturated rings. The number of carbonyl (C=O) groups is 3. The highest BCUT2D eigenvalue weighted by Crippen LogP contribution is 2.13. The molecule has 0 radical (unpaired) electrons. The third-order valence-electron chi connectivity index (χ3n) is 2.18. The fraction of sp³-hybridized carbons (Fsp3) is 0.154. The van der Waals surface area contributed by atoms with Crippen LogP contribution in [0, 0.1) is 0 Å². The largest absolute Gasteiger partial charge is 0.466 e. The van der Waals surface area contributed by atoms with Gasteiger partial charge in [-0.25, -0.2) is 4.79 Å². The number of methoxy groups -OCH3 is 1. The van der Waals surface area contributed by atoms with Gasteiger partial charge in [-0.2, -0.15) is 0 Å². The van der Waals surface area contributed by atoms with Crippen molar-refractivity contribution in [2.75, 3.05) is 7.11 Å². The number of imide groups is 1. The molecule has 0 bridgehead atoms. The lowest BCUT2D eigenvalue weighted by Gasteiger charge is -1.91. The SMILES string of the molecule is C=C(C)C(=O)OC.O=C1NC(=O)c2ccccc21. The van der Waals surface area contributed by atoms with E-state index >= 15 is 0 Å². The van der Waals surface area contributed by atoms with Gasteiger partial charge in [0.15, 0.2) is 0 Å². The molecule has 1 aromatic rings. The average Bonchev–Trinajstić information content (AvgIpc) is 2.65. The van der Waals surface area contributed by atoms with Gasteiger partial charge in [-0.05, 0) is 19.1 Å². The number of esters is 1. The van der Waals surface area contributed by atoms with Gasteiger partial charge in [0, 0.05) is 5.57 Å². The van der Waals surface area contributed by atoms with E-state index in [1.807, 2.05) is 0 Å². The Kier molecular flexibility index (Phi) is 4.37. The summed E-state index contributed by atoms with van der Waals surface area (Å²) in [5, 5.41) is 2.20. The molecule has 2 rings (SSSR count). The maximum atomic E-state index is 10.9. The minimum Gasteiger partial charge on any atom is -0.466 e. The Labute approximate surface area is 104 Å². The second-order valence-electron chi connectivity index (χ2n) is 3.60. The van der Waals surface area contributed by atoms with E-state index in [1.165, 1.54) is 7.11 Å². The van der Waals surface area contributed by atoms with E-state index in [-0.39, 0.29) is 17.8 Å². The summed E-state index contributed by atoms with van der Waals surface area (Å²) in [6.07, 6.45) is 0. The van der Waals surface area contributed by atoms with Crippen LogP contribution in [0.3, 0.4) is 0 Å². The number of hydrogen-bond acceptors (Lipinski definition) is 4. The fourth-order valence-corrected chi connectivity index (χ4v) is 1.29. The Hall–Kier alpha value is -2.43. The molecule has 0 saturated carbocycles. The molecular weight excluding hydrogens is 234 g/mol. The second kappa shape index (κ2) is 5.77. The van der Waals surface area contributed by atoms with Crippen molar-refractivity contribution in [2.24, 2.45) is 0 Å². The zero-order valence-corrected chi connectivity index (χ0v) is 10.1. The van der Waals surface area contributed by atoms with Gasteiger partial charge in [0.25, 0.3) is 11.8 Å². The van der Waals surface area contributed by atoms with E-state index in [1.54, 1.807) is 31.2 Å². The molecule has 94 valence electrons. The van der Waals surface area contributed by atoms with Crippen molar-refractivity contribution in [1.82, 2.24) is 5.32 Å². The molecule has 0 spiro atoms. The number of benzene rings is 1. The lowest BCUT2D eigenvalue weighted by molar-refractivity contribution is -0.136. The smallest absolute Gasteiger partial charge is 0.332 e. The monoisotopic (exact) mass is 247 g/mol. The van der Waals surface area contributed by atoms with Gasteiger partial charge in [0.2, 0.25) is 0 Å². The number of carbonyl (C=O) groups excluding carboxylic acids is 3. The predicted octanol–water partition coefficient (Wildman–Crippen LogP) is 1.31. The standard InChI is InChI=1S/C8H5NO2.C5H8O2/c10-7-5-3-1-2-4-6(5)8(11)9-7;1-4(2)5(6)7-3/h1-4H,(H,9,10,11);1H2,2-3H3. The van der Waals surface area contributed by atoms with Crippen molar-refractivity contribution < 1.29 is 19.1 Å². The van der Waals surface area contributed by atoms with Crippen molar-refractivity contribution in [2.45, 2.75) is 6.92 Å². The Balaban J connectivity index is 0.000000203. The first-order valence-electron chi connectivity index (χ1n) is 5.16. The minimum absolute atomic E-state index is 0.300. The highest BCUT2D eigenvalue weighted by Gasteiger charge is 2.25. The van der Waals surface area contributed by atoms with Gasteiger partial charge in [-0.1, -0.05) is 18.7 Å². The first-order chi connectivity index (χ1) is 8.47.